The number of methoxy groups -OCH3 is 1. The molecule has 126 valence electrons. The minimum atomic E-state index is -0.307. The van der Waals surface area contributed by atoms with E-state index in [1.165, 1.54) is 13.2 Å². The molecule has 3 aromatic rings. The first-order valence-electron chi connectivity index (χ1n) is 7.31. The maximum absolute atomic E-state index is 12.3. The van der Waals surface area contributed by atoms with E-state index in [0.717, 1.165) is 5.56 Å². The van der Waals surface area contributed by atoms with Gasteiger partial charge in [0.15, 0.2) is 0 Å². The zero-order valence-electron chi connectivity index (χ0n) is 13.2. The van der Waals surface area contributed by atoms with Crippen molar-refractivity contribution >= 4 is 34.8 Å². The summed E-state index contributed by atoms with van der Waals surface area (Å²) in [5.41, 5.74) is 2.58. The van der Waals surface area contributed by atoms with Crippen LogP contribution in [-0.4, -0.2) is 23.2 Å². The molecule has 0 saturated heterocycles. The lowest BCUT2D eigenvalue weighted by Crippen LogP contribution is -2.12. The molecule has 0 bridgehead atoms. The summed E-state index contributed by atoms with van der Waals surface area (Å²) in [5.74, 6) is 0.145. The normalized spacial score (nSPS) is 10.4. The SMILES string of the molecule is COc1ccc(-c2ccc(NC(=O)c3ccc(Cl)cc3Cl)cc2)nn1. The zero-order valence-corrected chi connectivity index (χ0v) is 14.7. The first kappa shape index (κ1) is 17.2. The summed E-state index contributed by atoms with van der Waals surface area (Å²) in [6, 6.07) is 15.5. The van der Waals surface area contributed by atoms with Crippen LogP contribution in [0.2, 0.25) is 10.0 Å². The van der Waals surface area contributed by atoms with E-state index in [-0.39, 0.29) is 5.91 Å². The number of anilines is 1. The average molecular weight is 374 g/mol. The highest BCUT2D eigenvalue weighted by atomic mass is 35.5. The van der Waals surface area contributed by atoms with Crippen molar-refractivity contribution in [3.05, 3.63) is 70.2 Å². The molecule has 25 heavy (non-hydrogen) atoms. The largest absolute Gasteiger partial charge is 0.480 e. The Kier molecular flexibility index (Phi) is 5.16. The van der Waals surface area contributed by atoms with Gasteiger partial charge in [-0.15, -0.1) is 10.2 Å². The molecule has 0 fully saturated rings. The minimum absolute atomic E-state index is 0.301. The molecule has 0 atom stereocenters. The van der Waals surface area contributed by atoms with Gasteiger partial charge in [-0.1, -0.05) is 35.3 Å². The third-order valence-corrected chi connectivity index (χ3v) is 4.01. The number of nitrogens with one attached hydrogen (secondary N) is 1. The second-order valence-corrected chi connectivity index (χ2v) is 5.96. The number of carbonyl (C=O) groups excluding carboxylic acids is 1. The average Bonchev–Trinajstić information content (AvgIpc) is 2.62. The lowest BCUT2D eigenvalue weighted by atomic mass is 10.1. The molecular weight excluding hydrogens is 361 g/mol. The summed E-state index contributed by atoms with van der Waals surface area (Å²) in [4.78, 5) is 12.3. The molecule has 1 aromatic heterocycles. The molecule has 0 aliphatic heterocycles. The van der Waals surface area contributed by atoms with Crippen LogP contribution in [0.1, 0.15) is 10.4 Å². The summed E-state index contributed by atoms with van der Waals surface area (Å²) in [5, 5.41) is 11.6. The van der Waals surface area contributed by atoms with Gasteiger partial charge in [0, 0.05) is 22.3 Å². The molecule has 3 rings (SSSR count). The molecule has 1 N–H and O–H groups in total. The molecule has 0 spiro atoms. The van der Waals surface area contributed by atoms with E-state index in [2.05, 4.69) is 15.5 Å². The quantitative estimate of drug-likeness (QED) is 0.718. The number of hydrogen-bond donors (Lipinski definition) is 1. The number of hydrogen-bond acceptors (Lipinski definition) is 4. The van der Waals surface area contributed by atoms with Crippen LogP contribution in [0.25, 0.3) is 11.3 Å². The Morgan fingerprint density at radius 2 is 1.76 bits per heavy atom. The van der Waals surface area contributed by atoms with Crippen LogP contribution in [0.15, 0.2) is 54.6 Å². The highest BCUT2D eigenvalue weighted by molar-refractivity contribution is 6.37. The molecule has 1 heterocycles. The highest BCUT2D eigenvalue weighted by Crippen LogP contribution is 2.23. The van der Waals surface area contributed by atoms with Crippen LogP contribution >= 0.6 is 23.2 Å². The second-order valence-electron chi connectivity index (χ2n) is 5.12. The van der Waals surface area contributed by atoms with Gasteiger partial charge in [-0.2, -0.15) is 0 Å². The topological polar surface area (TPSA) is 64.1 Å². The maximum Gasteiger partial charge on any atom is 0.257 e. The van der Waals surface area contributed by atoms with Crippen molar-refractivity contribution in [3.63, 3.8) is 0 Å². The van der Waals surface area contributed by atoms with E-state index >= 15 is 0 Å². The number of amides is 1. The van der Waals surface area contributed by atoms with Crippen molar-refractivity contribution in [3.8, 4) is 17.1 Å². The monoisotopic (exact) mass is 373 g/mol. The highest BCUT2D eigenvalue weighted by Gasteiger charge is 2.11. The number of aromatic nitrogens is 2. The van der Waals surface area contributed by atoms with E-state index in [1.807, 2.05) is 18.2 Å². The van der Waals surface area contributed by atoms with Gasteiger partial charge < -0.3 is 10.1 Å². The third kappa shape index (κ3) is 4.07. The molecule has 0 saturated carbocycles. The Morgan fingerprint density at radius 3 is 2.36 bits per heavy atom. The summed E-state index contributed by atoms with van der Waals surface area (Å²) < 4.78 is 4.99. The van der Waals surface area contributed by atoms with Gasteiger partial charge in [0.05, 0.1) is 23.4 Å². The molecule has 2 aromatic carbocycles. The van der Waals surface area contributed by atoms with Gasteiger partial charge in [0.2, 0.25) is 5.88 Å². The fraction of sp³-hybridized carbons (Fsp3) is 0.0556. The van der Waals surface area contributed by atoms with Crippen LogP contribution < -0.4 is 10.1 Å². The van der Waals surface area contributed by atoms with Crippen molar-refractivity contribution < 1.29 is 9.53 Å². The van der Waals surface area contributed by atoms with Crippen LogP contribution in [0.5, 0.6) is 5.88 Å². The minimum Gasteiger partial charge on any atom is -0.480 e. The first-order chi connectivity index (χ1) is 12.1. The zero-order chi connectivity index (χ0) is 17.8. The van der Waals surface area contributed by atoms with E-state index in [4.69, 9.17) is 27.9 Å². The third-order valence-electron chi connectivity index (χ3n) is 3.46. The fourth-order valence-electron chi connectivity index (χ4n) is 2.18. The lowest BCUT2D eigenvalue weighted by Gasteiger charge is -2.08. The van der Waals surface area contributed by atoms with Crippen LogP contribution in [-0.2, 0) is 0 Å². The van der Waals surface area contributed by atoms with Gasteiger partial charge >= 0.3 is 0 Å². The van der Waals surface area contributed by atoms with Crippen molar-refractivity contribution in [2.45, 2.75) is 0 Å². The summed E-state index contributed by atoms with van der Waals surface area (Å²) in [6.07, 6.45) is 0. The number of halogens is 2. The number of rotatable bonds is 4. The van der Waals surface area contributed by atoms with Gasteiger partial charge in [-0.05, 0) is 36.4 Å². The predicted octanol–water partition coefficient (Wildman–Crippen LogP) is 4.71. The van der Waals surface area contributed by atoms with Crippen LogP contribution in [0.4, 0.5) is 5.69 Å². The summed E-state index contributed by atoms with van der Waals surface area (Å²) >= 11 is 11.9. The van der Waals surface area contributed by atoms with Gasteiger partial charge in [-0.25, -0.2) is 0 Å². The van der Waals surface area contributed by atoms with E-state index in [9.17, 15) is 4.79 Å². The van der Waals surface area contributed by atoms with E-state index in [1.54, 1.807) is 30.3 Å². The Hall–Kier alpha value is -2.63. The van der Waals surface area contributed by atoms with E-state index < -0.39 is 0 Å². The van der Waals surface area contributed by atoms with E-state index in [0.29, 0.717) is 32.9 Å². The van der Waals surface area contributed by atoms with Crippen LogP contribution in [0.3, 0.4) is 0 Å². The molecule has 0 aliphatic carbocycles. The standard InChI is InChI=1S/C18H13Cl2N3O2/c1-25-17-9-8-16(22-23-17)11-2-5-13(6-3-11)21-18(24)14-7-4-12(19)10-15(14)20/h2-10H,1H3,(H,21,24). The Morgan fingerprint density at radius 1 is 1.00 bits per heavy atom. The van der Waals surface area contributed by atoms with Gasteiger partial charge in [-0.3, -0.25) is 4.79 Å². The number of nitrogens with zero attached hydrogens (tertiary/aromatic N) is 2. The smallest absolute Gasteiger partial charge is 0.257 e. The molecule has 1 amide bonds. The molecule has 0 aliphatic rings. The Labute approximate surface area is 154 Å². The Bertz CT molecular complexity index is 897. The number of ether oxygens (including phenoxy) is 1. The maximum atomic E-state index is 12.3. The van der Waals surface area contributed by atoms with Gasteiger partial charge in [0.25, 0.3) is 5.91 Å². The van der Waals surface area contributed by atoms with Crippen molar-refractivity contribution in [1.82, 2.24) is 10.2 Å². The van der Waals surface area contributed by atoms with Crippen LogP contribution in [0, 0.1) is 0 Å². The Balaban J connectivity index is 1.74. The molecular formula is C18H13Cl2N3O2. The molecule has 7 heteroatoms. The number of carbonyl (C=O) groups is 1. The fourth-order valence-corrected chi connectivity index (χ4v) is 2.67. The number of benzene rings is 2. The van der Waals surface area contributed by atoms with Crippen molar-refractivity contribution in [2.75, 3.05) is 12.4 Å². The lowest BCUT2D eigenvalue weighted by molar-refractivity contribution is 0.102. The second kappa shape index (κ2) is 7.51. The first-order valence-corrected chi connectivity index (χ1v) is 8.07. The molecule has 5 nitrogen and oxygen atoms in total. The summed E-state index contributed by atoms with van der Waals surface area (Å²) in [6.45, 7) is 0. The molecule has 0 radical (unpaired) electrons. The van der Waals surface area contributed by atoms with Crippen molar-refractivity contribution in [2.24, 2.45) is 0 Å². The van der Waals surface area contributed by atoms with Crippen molar-refractivity contribution in [1.29, 1.82) is 0 Å². The predicted molar refractivity (Wildman–Crippen MR) is 98.4 cm³/mol. The van der Waals surface area contributed by atoms with Gasteiger partial charge in [0.1, 0.15) is 0 Å². The summed E-state index contributed by atoms with van der Waals surface area (Å²) in [7, 11) is 1.54. The molecule has 0 unspecified atom stereocenters.